The number of hydrogen-bond acceptors (Lipinski definition) is 7. The third-order valence-corrected chi connectivity index (χ3v) is 4.70. The van der Waals surface area contributed by atoms with Crippen molar-refractivity contribution in [1.29, 1.82) is 0 Å². The Balaban J connectivity index is 1.72. The van der Waals surface area contributed by atoms with Crippen molar-refractivity contribution in [2.45, 2.75) is 20.2 Å². The summed E-state index contributed by atoms with van der Waals surface area (Å²) in [6.07, 6.45) is -3.73. The number of halogens is 3. The van der Waals surface area contributed by atoms with E-state index in [9.17, 15) is 13.2 Å². The van der Waals surface area contributed by atoms with Crippen LogP contribution in [0.15, 0.2) is 23.7 Å². The Bertz CT molecular complexity index is 843. The fourth-order valence-electron chi connectivity index (χ4n) is 1.96. The van der Waals surface area contributed by atoms with Crippen LogP contribution in [0, 0.1) is 13.8 Å². The number of alkyl halides is 3. The van der Waals surface area contributed by atoms with Crippen molar-refractivity contribution >= 4 is 33.6 Å². The Labute approximate surface area is 143 Å². The fraction of sp³-hybridized carbons (Fsp3) is 0.214. The minimum absolute atomic E-state index is 0.372. The lowest BCUT2D eigenvalue weighted by Gasteiger charge is -2.08. The van der Waals surface area contributed by atoms with E-state index in [1.54, 1.807) is 11.3 Å². The third kappa shape index (κ3) is 4.01. The lowest BCUT2D eigenvalue weighted by Crippen LogP contribution is -2.17. The molecule has 0 saturated carbocycles. The second-order valence-electron chi connectivity index (χ2n) is 4.74. The summed E-state index contributed by atoms with van der Waals surface area (Å²) in [5.74, 6) is 0.00580. The molecule has 10 heteroatoms. The highest BCUT2D eigenvalue weighted by molar-refractivity contribution is 7.16. The molecule has 3 aromatic heterocycles. The van der Waals surface area contributed by atoms with Crippen molar-refractivity contribution in [1.82, 2.24) is 15.0 Å². The summed E-state index contributed by atoms with van der Waals surface area (Å²) in [6.45, 7) is 3.85. The quantitative estimate of drug-likeness (QED) is 0.704. The average Bonchev–Trinajstić information content (AvgIpc) is 3.06. The number of rotatable bonds is 4. The van der Waals surface area contributed by atoms with E-state index in [0.29, 0.717) is 10.9 Å². The van der Waals surface area contributed by atoms with Gasteiger partial charge >= 0.3 is 6.36 Å². The second-order valence-corrected chi connectivity index (χ2v) is 6.80. The summed E-state index contributed by atoms with van der Waals surface area (Å²) in [4.78, 5) is 13.7. The maximum Gasteiger partial charge on any atom is 0.573 e. The summed E-state index contributed by atoms with van der Waals surface area (Å²) in [6, 6.07) is 2.58. The monoisotopic (exact) mass is 372 g/mol. The van der Waals surface area contributed by atoms with Crippen molar-refractivity contribution < 1.29 is 17.9 Å². The van der Waals surface area contributed by atoms with Gasteiger partial charge in [-0.25, -0.2) is 15.0 Å². The molecule has 0 amide bonds. The number of hydrogen-bond donors (Lipinski definition) is 1. The summed E-state index contributed by atoms with van der Waals surface area (Å²) in [5, 5.41) is 6.40. The van der Waals surface area contributed by atoms with E-state index in [2.05, 4.69) is 25.0 Å². The number of nitrogens with zero attached hydrogens (tertiary/aromatic N) is 3. The van der Waals surface area contributed by atoms with Crippen LogP contribution in [-0.2, 0) is 0 Å². The highest BCUT2D eigenvalue weighted by atomic mass is 32.1. The predicted molar refractivity (Wildman–Crippen MR) is 86.9 cm³/mol. The minimum Gasteiger partial charge on any atom is -0.404 e. The summed E-state index contributed by atoms with van der Waals surface area (Å²) >= 11 is 2.94. The molecule has 0 aliphatic heterocycles. The first-order chi connectivity index (χ1) is 11.3. The predicted octanol–water partition coefficient (Wildman–Crippen LogP) is 4.92. The fourth-order valence-corrected chi connectivity index (χ4v) is 3.63. The zero-order chi connectivity index (χ0) is 17.3. The number of aryl methyl sites for hydroxylation is 2. The molecule has 126 valence electrons. The molecule has 0 spiro atoms. The van der Waals surface area contributed by atoms with Gasteiger partial charge in [-0.05, 0) is 26.0 Å². The summed E-state index contributed by atoms with van der Waals surface area (Å²) in [5.41, 5.74) is 1.73. The van der Waals surface area contributed by atoms with Crippen LogP contribution < -0.4 is 10.1 Å². The van der Waals surface area contributed by atoms with Crippen LogP contribution in [0.5, 0.6) is 5.75 Å². The molecule has 0 unspecified atom stereocenters. The molecule has 0 radical (unpaired) electrons. The van der Waals surface area contributed by atoms with Gasteiger partial charge in [-0.15, -0.1) is 35.8 Å². The standard InChI is InChI=1S/C14H11F3N4OS2/c1-7-12(24-8(2)19-7)10-6-23-13(20-10)21-11-4-3-9(5-18-11)22-14(15,16)17/h3-6H,1-2H3,(H,18,20,21). The van der Waals surface area contributed by atoms with Gasteiger partial charge in [0.2, 0.25) is 0 Å². The molecule has 5 nitrogen and oxygen atoms in total. The van der Waals surface area contributed by atoms with Crippen LogP contribution in [0.3, 0.4) is 0 Å². The Kier molecular flexibility index (Phi) is 4.41. The lowest BCUT2D eigenvalue weighted by atomic mass is 10.3. The first kappa shape index (κ1) is 16.7. The van der Waals surface area contributed by atoms with Crippen LogP contribution in [0.2, 0.25) is 0 Å². The number of pyridine rings is 1. The van der Waals surface area contributed by atoms with Gasteiger partial charge in [0.1, 0.15) is 11.6 Å². The van der Waals surface area contributed by atoms with Crippen molar-refractivity contribution in [3.8, 4) is 16.3 Å². The maximum absolute atomic E-state index is 12.1. The van der Waals surface area contributed by atoms with Crippen LogP contribution >= 0.6 is 22.7 Å². The van der Waals surface area contributed by atoms with Crippen LogP contribution in [0.4, 0.5) is 24.1 Å². The molecule has 3 aromatic rings. The molecule has 3 heterocycles. The van der Waals surface area contributed by atoms with E-state index in [-0.39, 0.29) is 5.75 Å². The van der Waals surface area contributed by atoms with Gasteiger partial charge in [0.15, 0.2) is 5.13 Å². The van der Waals surface area contributed by atoms with Crippen molar-refractivity contribution in [2.75, 3.05) is 5.32 Å². The van der Waals surface area contributed by atoms with Crippen molar-refractivity contribution in [3.05, 3.63) is 34.4 Å². The Morgan fingerprint density at radius 2 is 1.96 bits per heavy atom. The molecular formula is C14H11F3N4OS2. The number of anilines is 2. The Morgan fingerprint density at radius 3 is 2.54 bits per heavy atom. The maximum atomic E-state index is 12.1. The van der Waals surface area contributed by atoms with E-state index < -0.39 is 6.36 Å². The molecule has 0 atom stereocenters. The molecular weight excluding hydrogens is 361 g/mol. The van der Waals surface area contributed by atoms with E-state index >= 15 is 0 Å². The molecule has 0 aliphatic carbocycles. The summed E-state index contributed by atoms with van der Waals surface area (Å²) < 4.78 is 40.1. The Hall–Kier alpha value is -2.20. The normalized spacial score (nSPS) is 11.5. The van der Waals surface area contributed by atoms with E-state index in [1.165, 1.54) is 23.5 Å². The van der Waals surface area contributed by atoms with Gasteiger partial charge < -0.3 is 10.1 Å². The van der Waals surface area contributed by atoms with Crippen LogP contribution in [0.25, 0.3) is 10.6 Å². The number of aromatic nitrogens is 3. The van der Waals surface area contributed by atoms with E-state index in [4.69, 9.17) is 0 Å². The Morgan fingerprint density at radius 1 is 1.17 bits per heavy atom. The zero-order valence-corrected chi connectivity index (χ0v) is 14.1. The highest BCUT2D eigenvalue weighted by Gasteiger charge is 2.31. The van der Waals surface area contributed by atoms with E-state index in [1.807, 2.05) is 19.2 Å². The largest absolute Gasteiger partial charge is 0.573 e. The van der Waals surface area contributed by atoms with Crippen LogP contribution in [-0.4, -0.2) is 21.3 Å². The first-order valence-corrected chi connectivity index (χ1v) is 8.38. The number of nitrogens with one attached hydrogen (secondary N) is 1. The third-order valence-electron chi connectivity index (χ3n) is 2.85. The minimum atomic E-state index is -4.73. The van der Waals surface area contributed by atoms with Gasteiger partial charge in [0.25, 0.3) is 0 Å². The van der Waals surface area contributed by atoms with Gasteiger partial charge in [-0.2, -0.15) is 0 Å². The van der Waals surface area contributed by atoms with Gasteiger partial charge in [-0.1, -0.05) is 0 Å². The lowest BCUT2D eigenvalue weighted by molar-refractivity contribution is -0.274. The van der Waals surface area contributed by atoms with Crippen molar-refractivity contribution in [2.24, 2.45) is 0 Å². The zero-order valence-electron chi connectivity index (χ0n) is 12.5. The summed E-state index contributed by atoms with van der Waals surface area (Å²) in [7, 11) is 0. The van der Waals surface area contributed by atoms with Crippen LogP contribution in [0.1, 0.15) is 10.7 Å². The van der Waals surface area contributed by atoms with Crippen molar-refractivity contribution in [3.63, 3.8) is 0 Å². The van der Waals surface area contributed by atoms with Gasteiger partial charge in [0, 0.05) is 5.38 Å². The molecule has 0 saturated heterocycles. The molecule has 0 bridgehead atoms. The van der Waals surface area contributed by atoms with Gasteiger partial charge in [-0.3, -0.25) is 0 Å². The number of ether oxygens (including phenoxy) is 1. The molecule has 0 aromatic carbocycles. The number of thiazole rings is 2. The highest BCUT2D eigenvalue weighted by Crippen LogP contribution is 2.33. The molecule has 3 rings (SSSR count). The molecule has 0 fully saturated rings. The second kappa shape index (κ2) is 6.36. The molecule has 0 aliphatic rings. The first-order valence-electron chi connectivity index (χ1n) is 6.69. The van der Waals surface area contributed by atoms with Gasteiger partial charge in [0.05, 0.1) is 27.5 Å². The molecule has 1 N–H and O–H groups in total. The van der Waals surface area contributed by atoms with E-state index in [0.717, 1.165) is 27.5 Å². The topological polar surface area (TPSA) is 59.9 Å². The SMILES string of the molecule is Cc1nc(C)c(-c2csc(Nc3ccc(OC(F)(F)F)cn3)n2)s1. The smallest absolute Gasteiger partial charge is 0.404 e. The average molecular weight is 372 g/mol. The molecule has 24 heavy (non-hydrogen) atoms.